The Labute approximate surface area is 131 Å². The van der Waals surface area contributed by atoms with Crippen molar-refractivity contribution in [3.63, 3.8) is 0 Å². The summed E-state index contributed by atoms with van der Waals surface area (Å²) in [7, 11) is 1.65. The van der Waals surface area contributed by atoms with Crippen LogP contribution in [0.2, 0.25) is 5.02 Å². The number of nitrogens with one attached hydrogen (secondary N) is 1. The fourth-order valence-electron chi connectivity index (χ4n) is 2.14. The van der Waals surface area contributed by atoms with Gasteiger partial charge >= 0.3 is 0 Å². The Hall–Kier alpha value is -1.85. The molecule has 0 spiro atoms. The third kappa shape index (κ3) is 2.94. The molecule has 0 bridgehead atoms. The van der Waals surface area contributed by atoms with E-state index >= 15 is 0 Å². The Balaban J connectivity index is 1.88. The molecular weight excluding hydrogens is 306 g/mol. The van der Waals surface area contributed by atoms with Crippen LogP contribution in [-0.2, 0) is 11.2 Å². The summed E-state index contributed by atoms with van der Waals surface area (Å²) in [5, 5.41) is 5.41. The van der Waals surface area contributed by atoms with Gasteiger partial charge in [-0.1, -0.05) is 23.7 Å². The van der Waals surface area contributed by atoms with Crippen LogP contribution in [0, 0.1) is 0 Å². The summed E-state index contributed by atoms with van der Waals surface area (Å²) in [5.41, 5.74) is 3.05. The van der Waals surface area contributed by atoms with Crippen LogP contribution in [0.5, 0.6) is 0 Å². The number of amides is 1. The lowest BCUT2D eigenvalue weighted by atomic mass is 10.2. The van der Waals surface area contributed by atoms with E-state index < -0.39 is 0 Å². The zero-order valence-electron chi connectivity index (χ0n) is 11.5. The van der Waals surface area contributed by atoms with Crippen molar-refractivity contribution in [3.05, 3.63) is 46.6 Å². The number of nitrogens with zero attached hydrogens (tertiary/aromatic N) is 2. The van der Waals surface area contributed by atoms with Crippen molar-refractivity contribution in [2.24, 2.45) is 0 Å². The van der Waals surface area contributed by atoms with Crippen LogP contribution in [0.25, 0.3) is 16.2 Å². The maximum atomic E-state index is 11.4. The molecular formula is C15H14ClN3OS. The summed E-state index contributed by atoms with van der Waals surface area (Å²) in [6.45, 7) is 0. The van der Waals surface area contributed by atoms with Crippen molar-refractivity contribution in [1.82, 2.24) is 14.7 Å². The lowest BCUT2D eigenvalue weighted by molar-refractivity contribution is -0.120. The fourth-order valence-corrected chi connectivity index (χ4v) is 3.17. The van der Waals surface area contributed by atoms with E-state index in [4.69, 9.17) is 11.6 Å². The second-order valence-corrected chi connectivity index (χ2v) is 5.96. The second-order valence-electron chi connectivity index (χ2n) is 4.69. The highest BCUT2D eigenvalue weighted by atomic mass is 35.5. The first-order valence-electron chi connectivity index (χ1n) is 6.59. The number of halogens is 1. The Morgan fingerprint density at radius 3 is 2.86 bits per heavy atom. The number of carbonyl (C=O) groups excluding carboxylic acids is 1. The smallest absolute Gasteiger partial charge is 0.220 e. The average Bonchev–Trinajstić information content (AvgIpc) is 3.06. The van der Waals surface area contributed by atoms with Crippen LogP contribution < -0.4 is 5.32 Å². The Morgan fingerprint density at radius 1 is 1.38 bits per heavy atom. The standard InChI is InChI=1S/C15H14ClN3OS/c1-17-14(20)7-6-12-9-21-15-18-13(8-19(12)15)10-2-4-11(16)5-3-10/h2-5,8-9H,6-7H2,1H3,(H,17,20). The zero-order chi connectivity index (χ0) is 14.8. The van der Waals surface area contributed by atoms with Gasteiger partial charge in [0.1, 0.15) is 0 Å². The summed E-state index contributed by atoms with van der Waals surface area (Å²) in [5.74, 6) is 0.0485. The summed E-state index contributed by atoms with van der Waals surface area (Å²) in [4.78, 5) is 16.9. The minimum Gasteiger partial charge on any atom is -0.359 e. The molecule has 1 amide bonds. The molecule has 0 atom stereocenters. The Kier molecular flexibility index (Phi) is 3.94. The molecule has 2 heterocycles. The molecule has 0 radical (unpaired) electrons. The molecule has 0 aliphatic rings. The lowest BCUT2D eigenvalue weighted by Gasteiger charge is -1.99. The highest BCUT2D eigenvalue weighted by Gasteiger charge is 2.10. The van der Waals surface area contributed by atoms with Crippen molar-refractivity contribution in [2.45, 2.75) is 12.8 Å². The van der Waals surface area contributed by atoms with Gasteiger partial charge in [-0.2, -0.15) is 0 Å². The summed E-state index contributed by atoms with van der Waals surface area (Å²) in [6, 6.07) is 7.63. The number of rotatable bonds is 4. The third-order valence-corrected chi connectivity index (χ3v) is 4.45. The highest BCUT2D eigenvalue weighted by Crippen LogP contribution is 2.25. The van der Waals surface area contributed by atoms with Gasteiger partial charge in [0.15, 0.2) is 4.96 Å². The van der Waals surface area contributed by atoms with Gasteiger partial charge in [0.2, 0.25) is 5.91 Å². The van der Waals surface area contributed by atoms with E-state index in [9.17, 15) is 4.79 Å². The number of hydrogen-bond acceptors (Lipinski definition) is 3. The first-order chi connectivity index (χ1) is 10.2. The van der Waals surface area contributed by atoms with E-state index in [0.29, 0.717) is 17.9 Å². The molecule has 3 aromatic rings. The largest absolute Gasteiger partial charge is 0.359 e. The molecule has 108 valence electrons. The van der Waals surface area contributed by atoms with Crippen LogP contribution in [0.3, 0.4) is 0 Å². The molecule has 0 unspecified atom stereocenters. The van der Waals surface area contributed by atoms with E-state index in [0.717, 1.165) is 21.9 Å². The number of aromatic nitrogens is 2. The zero-order valence-corrected chi connectivity index (χ0v) is 13.0. The van der Waals surface area contributed by atoms with E-state index in [1.54, 1.807) is 18.4 Å². The monoisotopic (exact) mass is 319 g/mol. The van der Waals surface area contributed by atoms with Crippen LogP contribution in [0.1, 0.15) is 12.1 Å². The van der Waals surface area contributed by atoms with Gasteiger partial charge in [-0.05, 0) is 18.6 Å². The van der Waals surface area contributed by atoms with Gasteiger partial charge in [0.25, 0.3) is 0 Å². The topological polar surface area (TPSA) is 46.4 Å². The molecule has 3 rings (SSSR count). The SMILES string of the molecule is CNC(=O)CCc1csc2nc(-c3ccc(Cl)cc3)cn12. The third-order valence-electron chi connectivity index (χ3n) is 3.31. The molecule has 6 heteroatoms. The second kappa shape index (κ2) is 5.87. The van der Waals surface area contributed by atoms with E-state index in [1.165, 1.54) is 0 Å². The molecule has 1 N–H and O–H groups in total. The number of imidazole rings is 1. The molecule has 0 aliphatic heterocycles. The molecule has 0 aliphatic carbocycles. The Bertz CT molecular complexity index is 776. The van der Waals surface area contributed by atoms with Crippen LogP contribution >= 0.6 is 22.9 Å². The molecule has 0 saturated heterocycles. The predicted molar refractivity (Wildman–Crippen MR) is 85.9 cm³/mol. The summed E-state index contributed by atoms with van der Waals surface area (Å²) < 4.78 is 2.05. The predicted octanol–water partition coefficient (Wildman–Crippen LogP) is 3.39. The molecule has 0 fully saturated rings. The molecule has 1 aromatic carbocycles. The number of thiazole rings is 1. The number of fused-ring (bicyclic) bond motifs is 1. The lowest BCUT2D eigenvalue weighted by Crippen LogP contribution is -2.18. The van der Waals surface area contributed by atoms with Crippen molar-refractivity contribution >= 4 is 33.8 Å². The quantitative estimate of drug-likeness (QED) is 0.801. The number of hydrogen-bond donors (Lipinski definition) is 1. The average molecular weight is 320 g/mol. The number of aryl methyl sites for hydroxylation is 1. The number of benzene rings is 1. The van der Waals surface area contributed by atoms with Gasteiger partial charge < -0.3 is 5.32 Å². The van der Waals surface area contributed by atoms with Crippen molar-refractivity contribution < 1.29 is 4.79 Å². The minimum atomic E-state index is 0.0485. The molecule has 2 aromatic heterocycles. The van der Waals surface area contributed by atoms with Gasteiger partial charge in [0.05, 0.1) is 5.69 Å². The van der Waals surface area contributed by atoms with E-state index in [-0.39, 0.29) is 5.91 Å². The van der Waals surface area contributed by atoms with Gasteiger partial charge in [-0.25, -0.2) is 4.98 Å². The highest BCUT2D eigenvalue weighted by molar-refractivity contribution is 7.15. The number of carbonyl (C=O) groups is 1. The maximum absolute atomic E-state index is 11.4. The Morgan fingerprint density at radius 2 is 2.14 bits per heavy atom. The normalized spacial score (nSPS) is 11.0. The summed E-state index contributed by atoms with van der Waals surface area (Å²) in [6.07, 6.45) is 3.20. The van der Waals surface area contributed by atoms with Crippen LogP contribution in [-0.4, -0.2) is 22.3 Å². The first kappa shape index (κ1) is 14.1. The van der Waals surface area contributed by atoms with Crippen LogP contribution in [0.15, 0.2) is 35.8 Å². The summed E-state index contributed by atoms with van der Waals surface area (Å²) >= 11 is 7.49. The first-order valence-corrected chi connectivity index (χ1v) is 7.85. The van der Waals surface area contributed by atoms with Crippen molar-refractivity contribution in [3.8, 4) is 11.3 Å². The minimum absolute atomic E-state index is 0.0485. The van der Waals surface area contributed by atoms with E-state index in [1.807, 2.05) is 30.5 Å². The van der Waals surface area contributed by atoms with Gasteiger partial charge in [-0.15, -0.1) is 11.3 Å². The van der Waals surface area contributed by atoms with E-state index in [2.05, 4.69) is 20.1 Å². The molecule has 0 saturated carbocycles. The van der Waals surface area contributed by atoms with Crippen molar-refractivity contribution in [1.29, 1.82) is 0 Å². The van der Waals surface area contributed by atoms with Crippen LogP contribution in [0.4, 0.5) is 0 Å². The maximum Gasteiger partial charge on any atom is 0.220 e. The molecule has 4 nitrogen and oxygen atoms in total. The molecule has 21 heavy (non-hydrogen) atoms. The fraction of sp³-hybridized carbons (Fsp3) is 0.200. The van der Waals surface area contributed by atoms with Gasteiger partial charge in [-0.3, -0.25) is 9.20 Å². The van der Waals surface area contributed by atoms with Crippen molar-refractivity contribution in [2.75, 3.05) is 7.05 Å². The van der Waals surface area contributed by atoms with Gasteiger partial charge in [0, 0.05) is 41.3 Å².